The van der Waals surface area contributed by atoms with Gasteiger partial charge in [-0.3, -0.25) is 0 Å². The fourth-order valence-corrected chi connectivity index (χ4v) is 4.99. The minimum Gasteiger partial charge on any atom is -0.390 e. The highest BCUT2D eigenvalue weighted by molar-refractivity contribution is 5.31. The largest absolute Gasteiger partial charge is 0.390 e. The van der Waals surface area contributed by atoms with Crippen molar-refractivity contribution in [3.8, 4) is 0 Å². The highest BCUT2D eigenvalue weighted by Gasteiger charge is 2.78. The van der Waals surface area contributed by atoms with Gasteiger partial charge in [0.05, 0.1) is 11.7 Å². The van der Waals surface area contributed by atoms with E-state index in [1.54, 1.807) is 0 Å². The Bertz CT molecular complexity index is 333. The second-order valence-corrected chi connectivity index (χ2v) is 5.83. The first-order valence-corrected chi connectivity index (χ1v) is 5.71. The first-order valence-electron chi connectivity index (χ1n) is 5.71. The van der Waals surface area contributed by atoms with Crippen LogP contribution in [0.5, 0.6) is 0 Å². The van der Waals surface area contributed by atoms with Gasteiger partial charge in [-0.05, 0) is 48.9 Å². The van der Waals surface area contributed by atoms with Gasteiger partial charge in [0.2, 0.25) is 0 Å². The summed E-state index contributed by atoms with van der Waals surface area (Å²) in [5, 5.41) is 20.3. The molecular weight excluding hydrogens is 176 g/mol. The number of hydrogen-bond acceptors (Lipinski definition) is 2. The molecule has 0 spiro atoms. The second-order valence-electron chi connectivity index (χ2n) is 5.83. The minimum absolute atomic E-state index is 0.368. The van der Waals surface area contributed by atoms with E-state index < -0.39 is 11.7 Å². The Morgan fingerprint density at radius 1 is 1.29 bits per heavy atom. The van der Waals surface area contributed by atoms with Gasteiger partial charge >= 0.3 is 0 Å². The predicted molar refractivity (Wildman–Crippen MR) is 51.3 cm³/mol. The fraction of sp³-hybridized carbons (Fsp3) is 0.833. The molecule has 0 aliphatic heterocycles. The summed E-state index contributed by atoms with van der Waals surface area (Å²) >= 11 is 0. The van der Waals surface area contributed by atoms with Crippen LogP contribution in [-0.2, 0) is 0 Å². The molecule has 4 rings (SSSR count). The van der Waals surface area contributed by atoms with Gasteiger partial charge in [-0.15, -0.1) is 0 Å². The normalized spacial score (nSPS) is 72.4. The molecule has 0 aromatic heterocycles. The van der Waals surface area contributed by atoms with E-state index in [0.29, 0.717) is 35.5 Å². The van der Waals surface area contributed by atoms with E-state index in [1.165, 1.54) is 0 Å². The van der Waals surface area contributed by atoms with E-state index in [4.69, 9.17) is 0 Å². The molecule has 4 aliphatic rings. The molecule has 0 saturated heterocycles. The van der Waals surface area contributed by atoms with Crippen molar-refractivity contribution < 1.29 is 10.2 Å². The number of hydrogen-bond donors (Lipinski definition) is 2. The van der Waals surface area contributed by atoms with E-state index in [-0.39, 0.29) is 0 Å². The molecule has 0 aromatic carbocycles. The zero-order valence-electron chi connectivity index (χ0n) is 8.30. The molecular formula is C12H16O2. The van der Waals surface area contributed by atoms with Gasteiger partial charge < -0.3 is 10.2 Å². The Hall–Kier alpha value is -0.340. The first-order chi connectivity index (χ1) is 6.64. The zero-order valence-corrected chi connectivity index (χ0v) is 8.30. The Labute approximate surface area is 83.6 Å². The summed E-state index contributed by atoms with van der Waals surface area (Å²) in [6.07, 6.45) is 5.26. The maximum Gasteiger partial charge on any atom is 0.0914 e. The standard InChI is InChI=1S/C12H16O2/c1-12(14)10-6-4-2-3-5(6)7-8(10)9(7)11(12)13/h2-3,5-11,13-14H,4H2,1H3. The van der Waals surface area contributed by atoms with Gasteiger partial charge in [0.1, 0.15) is 0 Å². The molecule has 2 nitrogen and oxygen atoms in total. The fourth-order valence-electron chi connectivity index (χ4n) is 4.99. The van der Waals surface area contributed by atoms with E-state index in [0.717, 1.165) is 6.42 Å². The van der Waals surface area contributed by atoms with Crippen LogP contribution < -0.4 is 0 Å². The summed E-state index contributed by atoms with van der Waals surface area (Å²) in [6.45, 7) is 1.84. The van der Waals surface area contributed by atoms with Crippen LogP contribution in [0.15, 0.2) is 12.2 Å². The molecule has 2 heteroatoms. The van der Waals surface area contributed by atoms with E-state index in [1.807, 2.05) is 6.92 Å². The predicted octanol–water partition coefficient (Wildman–Crippen LogP) is 0.796. The molecule has 0 radical (unpaired) electrons. The highest BCUT2D eigenvalue weighted by atomic mass is 16.3. The Morgan fingerprint density at radius 3 is 2.86 bits per heavy atom. The minimum atomic E-state index is -0.808. The van der Waals surface area contributed by atoms with Gasteiger partial charge in [-0.25, -0.2) is 0 Å². The summed E-state index contributed by atoms with van der Waals surface area (Å²) in [5.41, 5.74) is -0.808. The third-order valence-electron chi connectivity index (χ3n) is 5.41. The SMILES string of the molecule is CC1(O)C(O)C2C3C4C=CCC4C1C32. The third kappa shape index (κ3) is 0.583. The quantitative estimate of drug-likeness (QED) is 0.557. The maximum absolute atomic E-state index is 10.3. The van der Waals surface area contributed by atoms with Gasteiger partial charge in [0.25, 0.3) is 0 Å². The molecule has 0 aromatic rings. The van der Waals surface area contributed by atoms with E-state index in [9.17, 15) is 10.2 Å². The van der Waals surface area contributed by atoms with Crippen LogP contribution in [0.3, 0.4) is 0 Å². The molecule has 8 unspecified atom stereocenters. The maximum atomic E-state index is 10.3. The van der Waals surface area contributed by atoms with Crippen LogP contribution in [0.4, 0.5) is 0 Å². The number of aliphatic hydroxyl groups excluding tert-OH is 1. The first kappa shape index (κ1) is 7.89. The van der Waals surface area contributed by atoms with Crippen molar-refractivity contribution in [2.24, 2.45) is 35.5 Å². The molecule has 2 N–H and O–H groups in total. The van der Waals surface area contributed by atoms with Gasteiger partial charge in [0, 0.05) is 0 Å². The average molecular weight is 192 g/mol. The van der Waals surface area contributed by atoms with Crippen LogP contribution in [0.1, 0.15) is 13.3 Å². The summed E-state index contributed by atoms with van der Waals surface area (Å²) in [6, 6.07) is 0. The van der Waals surface area contributed by atoms with Crippen LogP contribution in [0, 0.1) is 35.5 Å². The van der Waals surface area contributed by atoms with Crippen LogP contribution >= 0.6 is 0 Å². The Morgan fingerprint density at radius 2 is 2.07 bits per heavy atom. The molecule has 4 aliphatic carbocycles. The van der Waals surface area contributed by atoms with Crippen molar-refractivity contribution in [2.75, 3.05) is 0 Å². The Balaban J connectivity index is 1.82. The van der Waals surface area contributed by atoms with Gasteiger partial charge in [0.15, 0.2) is 0 Å². The van der Waals surface area contributed by atoms with E-state index in [2.05, 4.69) is 12.2 Å². The molecule has 8 atom stereocenters. The molecule has 0 bridgehead atoms. The van der Waals surface area contributed by atoms with Gasteiger partial charge in [-0.2, -0.15) is 0 Å². The second kappa shape index (κ2) is 1.96. The molecule has 76 valence electrons. The van der Waals surface area contributed by atoms with Crippen LogP contribution in [-0.4, -0.2) is 21.9 Å². The highest BCUT2D eigenvalue weighted by Crippen LogP contribution is 2.76. The summed E-state index contributed by atoms with van der Waals surface area (Å²) < 4.78 is 0. The lowest BCUT2D eigenvalue weighted by Crippen LogP contribution is -2.44. The van der Waals surface area contributed by atoms with Crippen molar-refractivity contribution in [2.45, 2.75) is 25.0 Å². The lowest BCUT2D eigenvalue weighted by atomic mass is 9.80. The van der Waals surface area contributed by atoms with Crippen molar-refractivity contribution in [1.82, 2.24) is 0 Å². The summed E-state index contributed by atoms with van der Waals surface area (Å²) in [7, 11) is 0. The topological polar surface area (TPSA) is 40.5 Å². The Kier molecular flexibility index (Phi) is 1.10. The lowest BCUT2D eigenvalue weighted by Gasteiger charge is -2.32. The van der Waals surface area contributed by atoms with Crippen molar-refractivity contribution >= 4 is 0 Å². The smallest absolute Gasteiger partial charge is 0.0914 e. The van der Waals surface area contributed by atoms with Crippen molar-refractivity contribution in [3.05, 3.63) is 12.2 Å². The molecule has 14 heavy (non-hydrogen) atoms. The lowest BCUT2D eigenvalue weighted by molar-refractivity contribution is -0.0887. The van der Waals surface area contributed by atoms with Crippen molar-refractivity contribution in [3.63, 3.8) is 0 Å². The average Bonchev–Trinajstić information content (AvgIpc) is 2.49. The summed E-state index contributed by atoms with van der Waals surface area (Å²) in [4.78, 5) is 0. The molecule has 0 amide bonds. The number of rotatable bonds is 0. The third-order valence-corrected chi connectivity index (χ3v) is 5.41. The summed E-state index contributed by atoms with van der Waals surface area (Å²) in [5.74, 6) is 3.44. The molecule has 3 fully saturated rings. The number of allylic oxidation sites excluding steroid dienone is 2. The van der Waals surface area contributed by atoms with Crippen molar-refractivity contribution in [1.29, 1.82) is 0 Å². The van der Waals surface area contributed by atoms with E-state index >= 15 is 0 Å². The monoisotopic (exact) mass is 192 g/mol. The molecule has 3 saturated carbocycles. The van der Waals surface area contributed by atoms with Crippen LogP contribution in [0.25, 0.3) is 0 Å². The number of aliphatic hydroxyl groups is 2. The van der Waals surface area contributed by atoms with Gasteiger partial charge in [-0.1, -0.05) is 12.2 Å². The molecule has 0 heterocycles. The van der Waals surface area contributed by atoms with Crippen LogP contribution in [0.2, 0.25) is 0 Å². The zero-order chi connectivity index (χ0) is 9.66. The number of fused-ring (bicyclic) bond motifs is 4.